The van der Waals surface area contributed by atoms with Crippen LogP contribution in [0.15, 0.2) is 24.4 Å². The molecule has 4 aliphatic rings. The standard InChI is InChI=1S/C39H51F5N6O5Si/c1-37(2,3)55-36(51)50-25-8-9-26(50)21-48(20-25)34-29-18-45-32(28-16-27(10-11-30(28)39(42,43)44)54-23-52-14-15-56(4,5)6)31(41)33(29)46-35(47-34)53-22-38-12-7-13-49(38)19-24(40)17-38/h10-11,16,18,24-26H,7-9,12-15,17,19-23H2,1-6H3/t24?,25-,26+,38?. The molecule has 1 amide bonds. The number of piperazine rings is 1. The van der Waals surface area contributed by atoms with Gasteiger partial charge in [-0.25, -0.2) is 13.6 Å². The first-order valence-electron chi connectivity index (χ1n) is 19.4. The maximum absolute atomic E-state index is 17.0. The molecule has 2 aromatic heterocycles. The molecule has 4 fully saturated rings. The van der Waals surface area contributed by atoms with Crippen LogP contribution in [0.3, 0.4) is 0 Å². The van der Waals surface area contributed by atoms with Crippen molar-refractivity contribution in [1.82, 2.24) is 24.8 Å². The highest BCUT2D eigenvalue weighted by molar-refractivity contribution is 6.76. The highest BCUT2D eigenvalue weighted by atomic mass is 28.3. The van der Waals surface area contributed by atoms with E-state index in [1.807, 2.05) is 25.7 Å². The number of benzene rings is 1. The normalized spacial score (nSPS) is 24.2. The molecule has 3 aromatic rings. The molecule has 2 bridgehead atoms. The predicted octanol–water partition coefficient (Wildman–Crippen LogP) is 8.08. The summed E-state index contributed by atoms with van der Waals surface area (Å²) in [5, 5.41) is 0.172. The van der Waals surface area contributed by atoms with E-state index in [1.165, 1.54) is 12.3 Å². The molecule has 56 heavy (non-hydrogen) atoms. The number of rotatable bonds is 11. The largest absolute Gasteiger partial charge is 0.468 e. The number of anilines is 1. The van der Waals surface area contributed by atoms with E-state index in [1.54, 1.807) is 4.90 Å². The molecule has 0 aliphatic carbocycles. The molecular formula is C39H51F5N6O5Si. The molecule has 0 spiro atoms. The van der Waals surface area contributed by atoms with Crippen molar-refractivity contribution in [3.63, 3.8) is 0 Å². The van der Waals surface area contributed by atoms with Gasteiger partial charge in [0.2, 0.25) is 0 Å². The highest BCUT2D eigenvalue weighted by Gasteiger charge is 2.50. The van der Waals surface area contributed by atoms with Gasteiger partial charge < -0.3 is 23.8 Å². The van der Waals surface area contributed by atoms with Crippen molar-refractivity contribution < 1.29 is 45.7 Å². The van der Waals surface area contributed by atoms with Crippen molar-refractivity contribution in [1.29, 1.82) is 0 Å². The van der Waals surface area contributed by atoms with Crippen LogP contribution in [0.1, 0.15) is 58.4 Å². The molecule has 4 aliphatic heterocycles. The average molecular weight is 807 g/mol. The summed E-state index contributed by atoms with van der Waals surface area (Å²) in [6.45, 7) is 14.0. The Balaban J connectivity index is 1.25. The molecule has 6 heterocycles. The van der Waals surface area contributed by atoms with Crippen LogP contribution in [-0.2, 0) is 15.7 Å². The van der Waals surface area contributed by atoms with Crippen LogP contribution >= 0.6 is 0 Å². The number of amides is 1. The van der Waals surface area contributed by atoms with E-state index in [2.05, 4.69) is 34.5 Å². The second-order valence-electron chi connectivity index (χ2n) is 17.7. The zero-order chi connectivity index (χ0) is 40.2. The second-order valence-corrected chi connectivity index (χ2v) is 23.4. The van der Waals surface area contributed by atoms with Gasteiger partial charge in [0.05, 0.1) is 28.6 Å². The molecule has 2 unspecified atom stereocenters. The minimum atomic E-state index is -4.84. The lowest BCUT2D eigenvalue weighted by atomic mass is 9.95. The van der Waals surface area contributed by atoms with Gasteiger partial charge in [0.25, 0.3) is 0 Å². The van der Waals surface area contributed by atoms with Crippen LogP contribution in [0, 0.1) is 5.82 Å². The Morgan fingerprint density at radius 1 is 1.04 bits per heavy atom. The summed E-state index contributed by atoms with van der Waals surface area (Å²) in [6.07, 6.45) is -1.66. The third-order valence-corrected chi connectivity index (χ3v) is 12.8. The van der Waals surface area contributed by atoms with Gasteiger partial charge in [-0.1, -0.05) is 19.6 Å². The average Bonchev–Trinajstić information content (AvgIpc) is 3.72. The molecule has 0 N–H and O–H groups in total. The van der Waals surface area contributed by atoms with Gasteiger partial charge in [0, 0.05) is 52.5 Å². The third kappa shape index (κ3) is 8.54. The lowest BCUT2D eigenvalue weighted by Crippen LogP contribution is -2.57. The van der Waals surface area contributed by atoms with Crippen molar-refractivity contribution in [3.8, 4) is 23.0 Å². The Hall–Kier alpha value is -3.83. The zero-order valence-electron chi connectivity index (χ0n) is 32.8. The minimum absolute atomic E-state index is 0.0520. The van der Waals surface area contributed by atoms with E-state index in [0.29, 0.717) is 45.5 Å². The number of halogens is 5. The van der Waals surface area contributed by atoms with E-state index < -0.39 is 60.3 Å². The summed E-state index contributed by atoms with van der Waals surface area (Å²) in [7, 11) is -1.37. The van der Waals surface area contributed by atoms with Crippen LogP contribution in [0.5, 0.6) is 11.8 Å². The number of hydrogen-bond donors (Lipinski definition) is 0. The van der Waals surface area contributed by atoms with Crippen LogP contribution in [0.4, 0.5) is 32.6 Å². The number of carbonyl (C=O) groups excluding carboxylic acids is 1. The Morgan fingerprint density at radius 3 is 2.45 bits per heavy atom. The SMILES string of the molecule is CC(C)(C)OC(=O)N1[C@@H]2CC[C@H]1CN(c1nc(OCC34CCCN3CC(F)C4)nc3c(F)c(-c4cc(OCOCC[Si](C)(C)C)ccc4C(F)(F)F)ncc13)C2. The molecule has 7 rings (SSSR count). The number of aromatic nitrogens is 3. The summed E-state index contributed by atoms with van der Waals surface area (Å²) < 4.78 is 98.1. The van der Waals surface area contributed by atoms with E-state index in [-0.39, 0.29) is 60.4 Å². The molecule has 0 radical (unpaired) electrons. The monoisotopic (exact) mass is 806 g/mol. The molecule has 0 saturated carbocycles. The van der Waals surface area contributed by atoms with Crippen LogP contribution < -0.4 is 14.4 Å². The number of hydrogen-bond acceptors (Lipinski definition) is 10. The summed E-state index contributed by atoms with van der Waals surface area (Å²) >= 11 is 0. The van der Waals surface area contributed by atoms with Crippen LogP contribution in [0.2, 0.25) is 25.7 Å². The molecule has 17 heteroatoms. The minimum Gasteiger partial charge on any atom is -0.468 e. The maximum Gasteiger partial charge on any atom is 0.417 e. The third-order valence-electron chi connectivity index (χ3n) is 11.1. The lowest BCUT2D eigenvalue weighted by molar-refractivity contribution is -0.137. The van der Waals surface area contributed by atoms with Crippen molar-refractivity contribution in [2.75, 3.05) is 51.1 Å². The molecular weight excluding hydrogens is 756 g/mol. The number of fused-ring (bicyclic) bond motifs is 4. The Bertz CT molecular complexity index is 1930. The first kappa shape index (κ1) is 40.4. The summed E-state index contributed by atoms with van der Waals surface area (Å²) in [5.74, 6) is -0.760. The van der Waals surface area contributed by atoms with Crippen LogP contribution in [0.25, 0.3) is 22.2 Å². The molecule has 4 atom stereocenters. The van der Waals surface area contributed by atoms with E-state index in [0.717, 1.165) is 31.1 Å². The number of carbonyl (C=O) groups is 1. The van der Waals surface area contributed by atoms with Gasteiger partial charge in [-0.15, -0.1) is 0 Å². The summed E-state index contributed by atoms with van der Waals surface area (Å²) in [6, 6.07) is 3.36. The summed E-state index contributed by atoms with van der Waals surface area (Å²) in [4.78, 5) is 32.4. The smallest absolute Gasteiger partial charge is 0.417 e. The quantitative estimate of drug-likeness (QED) is 0.0818. The van der Waals surface area contributed by atoms with Gasteiger partial charge in [-0.05, 0) is 77.2 Å². The fourth-order valence-corrected chi connectivity index (χ4v) is 9.21. The predicted molar refractivity (Wildman–Crippen MR) is 203 cm³/mol. The molecule has 11 nitrogen and oxygen atoms in total. The van der Waals surface area contributed by atoms with Gasteiger partial charge in [0.1, 0.15) is 41.2 Å². The van der Waals surface area contributed by atoms with Crippen molar-refractivity contribution >= 4 is 30.9 Å². The summed E-state index contributed by atoms with van der Waals surface area (Å²) in [5.41, 5.74) is -3.71. The Morgan fingerprint density at radius 2 is 1.77 bits per heavy atom. The zero-order valence-corrected chi connectivity index (χ0v) is 33.8. The van der Waals surface area contributed by atoms with E-state index >= 15 is 4.39 Å². The number of pyridine rings is 1. The van der Waals surface area contributed by atoms with Crippen molar-refractivity contribution in [2.45, 2.75) is 114 Å². The van der Waals surface area contributed by atoms with Gasteiger partial charge in [-0.3, -0.25) is 14.8 Å². The number of ether oxygens (including phenoxy) is 4. The molecule has 306 valence electrons. The maximum atomic E-state index is 17.0. The topological polar surface area (TPSA) is 102 Å². The highest BCUT2D eigenvalue weighted by Crippen LogP contribution is 2.43. The second kappa shape index (κ2) is 15.2. The van der Waals surface area contributed by atoms with E-state index in [9.17, 15) is 22.4 Å². The Kier molecular flexibility index (Phi) is 10.9. The Labute approximate surface area is 324 Å². The number of alkyl halides is 4. The van der Waals surface area contributed by atoms with Crippen molar-refractivity contribution in [2.24, 2.45) is 0 Å². The first-order chi connectivity index (χ1) is 26.3. The fraction of sp³-hybridized carbons (Fsp3) is 0.641. The molecule has 1 aromatic carbocycles. The van der Waals surface area contributed by atoms with Gasteiger partial charge >= 0.3 is 18.3 Å². The van der Waals surface area contributed by atoms with Crippen molar-refractivity contribution in [3.05, 3.63) is 35.8 Å². The van der Waals surface area contributed by atoms with E-state index in [4.69, 9.17) is 23.9 Å². The number of nitrogens with zero attached hydrogens (tertiary/aromatic N) is 6. The lowest BCUT2D eigenvalue weighted by Gasteiger charge is -2.42. The van der Waals surface area contributed by atoms with Gasteiger partial charge in [-0.2, -0.15) is 23.1 Å². The molecule has 4 saturated heterocycles. The fourth-order valence-electron chi connectivity index (χ4n) is 8.45. The van der Waals surface area contributed by atoms with Gasteiger partial charge in [0.15, 0.2) is 12.6 Å². The van der Waals surface area contributed by atoms with Crippen LogP contribution in [-0.4, -0.2) is 114 Å². The first-order valence-corrected chi connectivity index (χ1v) is 23.1.